The summed E-state index contributed by atoms with van der Waals surface area (Å²) in [6, 6.07) is 8.28. The van der Waals surface area contributed by atoms with Crippen molar-refractivity contribution in [1.29, 1.82) is 0 Å². The van der Waals surface area contributed by atoms with Gasteiger partial charge >= 0.3 is 0 Å². The van der Waals surface area contributed by atoms with Gasteiger partial charge in [-0.2, -0.15) is 0 Å². The highest BCUT2D eigenvalue weighted by molar-refractivity contribution is 9.23. The Morgan fingerprint density at radius 2 is 2.00 bits per heavy atom. The fourth-order valence-corrected chi connectivity index (χ4v) is 2.38. The number of benzene rings is 1. The summed E-state index contributed by atoms with van der Waals surface area (Å²) in [5.41, 5.74) is 0. The molecule has 1 nitrogen and oxygen atoms in total. The zero-order valence-corrected chi connectivity index (χ0v) is 9.51. The van der Waals surface area contributed by atoms with E-state index < -0.39 is 0 Å². The van der Waals surface area contributed by atoms with Gasteiger partial charge in [0, 0.05) is 0 Å². The largest absolute Gasteiger partial charge is 0.494 e. The topological polar surface area (TPSA) is 9.23 Å². The molecule has 60 valence electrons. The lowest BCUT2D eigenvalue weighted by Crippen LogP contribution is -2.06. The van der Waals surface area contributed by atoms with Crippen LogP contribution in [0, 0.1) is 0 Å². The number of halogens is 1. The summed E-state index contributed by atoms with van der Waals surface area (Å²) in [5, 5.41) is 1.41. The average molecular weight is 231 g/mol. The second-order valence-electron chi connectivity index (χ2n) is 2.21. The predicted molar refractivity (Wildman–Crippen MR) is 54.7 cm³/mol. The van der Waals surface area contributed by atoms with Crippen LogP contribution in [0.5, 0.6) is 5.75 Å². The van der Waals surface area contributed by atoms with Crippen molar-refractivity contribution in [1.82, 2.24) is 0 Å². The van der Waals surface area contributed by atoms with Crippen LogP contribution in [-0.2, 0) is 0 Å². The molecule has 0 unspecified atom stereocenters. The van der Waals surface area contributed by atoms with E-state index in [-0.39, 0.29) is 8.14 Å². The van der Waals surface area contributed by atoms with Gasteiger partial charge in [-0.3, -0.25) is 0 Å². The van der Waals surface area contributed by atoms with Crippen LogP contribution in [0.3, 0.4) is 0 Å². The Balaban J connectivity index is 2.66. The Labute approximate surface area is 77.2 Å². The van der Waals surface area contributed by atoms with Crippen LogP contribution in [0.25, 0.3) is 0 Å². The molecule has 1 aromatic carbocycles. The molecule has 0 atom stereocenters. The number of rotatable bonds is 3. The molecule has 0 aromatic heterocycles. The highest BCUT2D eigenvalue weighted by atomic mass is 79.9. The lowest BCUT2D eigenvalue weighted by molar-refractivity contribution is 0.340. The van der Waals surface area contributed by atoms with E-state index in [0.29, 0.717) is 0 Å². The number of hydrogen-bond acceptors (Lipinski definition) is 1. The first-order chi connectivity index (χ1) is 5.36. The van der Waals surface area contributed by atoms with E-state index in [1.807, 2.05) is 19.1 Å². The van der Waals surface area contributed by atoms with E-state index >= 15 is 0 Å². The molecule has 0 bridgehead atoms. The minimum absolute atomic E-state index is 0.182. The molecule has 0 saturated heterocycles. The molecule has 3 heteroatoms. The normalized spacial score (nSPS) is 10.7. The van der Waals surface area contributed by atoms with Crippen molar-refractivity contribution in [2.24, 2.45) is 0 Å². The molecule has 0 aliphatic heterocycles. The van der Waals surface area contributed by atoms with Crippen molar-refractivity contribution >= 4 is 28.6 Å². The molecule has 0 aliphatic carbocycles. The van der Waals surface area contributed by atoms with Crippen LogP contribution >= 0.6 is 15.3 Å². The maximum absolute atomic E-state index is 5.31. The van der Waals surface area contributed by atoms with Crippen LogP contribution in [0.2, 0.25) is 0 Å². The molecule has 0 fully saturated rings. The molecular weight excluding hydrogens is 220 g/mol. The van der Waals surface area contributed by atoms with Crippen molar-refractivity contribution < 1.29 is 4.74 Å². The van der Waals surface area contributed by atoms with Crippen molar-refractivity contribution in [3.8, 4) is 5.75 Å². The van der Waals surface area contributed by atoms with Gasteiger partial charge in [-0.1, -0.05) is 17.3 Å². The zero-order chi connectivity index (χ0) is 8.10. The smallest absolute Gasteiger partial charge is 0.130 e. The Bertz CT molecular complexity index is 210. The SMILES string of the molecule is CCOc1ccc([SiH2]Br)cc1. The maximum atomic E-state index is 5.31. The minimum atomic E-state index is -0.182. The highest BCUT2D eigenvalue weighted by Gasteiger charge is 1.91. The molecule has 11 heavy (non-hydrogen) atoms. The van der Waals surface area contributed by atoms with Gasteiger partial charge in [0.1, 0.15) is 13.9 Å². The van der Waals surface area contributed by atoms with Crippen molar-refractivity contribution in [2.75, 3.05) is 6.61 Å². The third-order valence-corrected chi connectivity index (χ3v) is 4.11. The zero-order valence-electron chi connectivity index (χ0n) is 6.51. The van der Waals surface area contributed by atoms with Gasteiger partial charge in [0.2, 0.25) is 0 Å². The number of ether oxygens (including phenoxy) is 1. The Hall–Kier alpha value is -0.283. The minimum Gasteiger partial charge on any atom is -0.494 e. The predicted octanol–water partition coefficient (Wildman–Crippen LogP) is 1.19. The lowest BCUT2D eigenvalue weighted by atomic mass is 10.3. The van der Waals surface area contributed by atoms with E-state index in [2.05, 4.69) is 27.4 Å². The Morgan fingerprint density at radius 3 is 2.45 bits per heavy atom. The first kappa shape index (κ1) is 8.81. The molecule has 0 N–H and O–H groups in total. The fraction of sp³-hybridized carbons (Fsp3) is 0.250. The van der Waals surface area contributed by atoms with E-state index in [9.17, 15) is 0 Å². The molecular formula is C8H11BrOSi. The van der Waals surface area contributed by atoms with Gasteiger partial charge in [0.15, 0.2) is 0 Å². The monoisotopic (exact) mass is 230 g/mol. The fourth-order valence-electron chi connectivity index (χ4n) is 0.841. The van der Waals surface area contributed by atoms with Crippen LogP contribution in [0.4, 0.5) is 0 Å². The van der Waals surface area contributed by atoms with Gasteiger partial charge in [-0.05, 0) is 19.1 Å². The average Bonchev–Trinajstić information content (AvgIpc) is 2.07. The van der Waals surface area contributed by atoms with E-state index in [1.54, 1.807) is 0 Å². The van der Waals surface area contributed by atoms with Gasteiger partial charge in [-0.15, -0.1) is 15.3 Å². The van der Waals surface area contributed by atoms with Gasteiger partial charge in [-0.25, -0.2) is 0 Å². The first-order valence-electron chi connectivity index (χ1n) is 3.64. The van der Waals surface area contributed by atoms with Crippen LogP contribution < -0.4 is 9.92 Å². The van der Waals surface area contributed by atoms with Gasteiger partial charge in [0.05, 0.1) is 6.61 Å². The standard InChI is InChI=1S/C8H11BrOSi/c1-2-10-7-3-5-8(11-9)6-4-7/h3-6H,2,11H2,1H3. The maximum Gasteiger partial charge on any atom is 0.130 e. The first-order valence-corrected chi connectivity index (χ1v) is 8.25. The van der Waals surface area contributed by atoms with Crippen molar-refractivity contribution in [3.05, 3.63) is 24.3 Å². The molecule has 0 radical (unpaired) electrons. The molecule has 0 aliphatic rings. The molecule has 0 amide bonds. The molecule has 0 saturated carbocycles. The summed E-state index contributed by atoms with van der Waals surface area (Å²) in [5.74, 6) is 0.964. The summed E-state index contributed by atoms with van der Waals surface area (Å²) in [7, 11) is -0.182. The summed E-state index contributed by atoms with van der Waals surface area (Å²) in [6.07, 6.45) is 0. The highest BCUT2D eigenvalue weighted by Crippen LogP contribution is 2.06. The summed E-state index contributed by atoms with van der Waals surface area (Å²) in [6.45, 7) is 2.73. The Kier molecular flexibility index (Phi) is 3.66. The molecule has 1 rings (SSSR count). The van der Waals surface area contributed by atoms with E-state index in [1.165, 1.54) is 5.19 Å². The van der Waals surface area contributed by atoms with E-state index in [4.69, 9.17) is 4.74 Å². The second kappa shape index (κ2) is 4.57. The lowest BCUT2D eigenvalue weighted by Gasteiger charge is -2.02. The van der Waals surface area contributed by atoms with Crippen LogP contribution in [-0.4, -0.2) is 14.7 Å². The van der Waals surface area contributed by atoms with Crippen LogP contribution in [0.15, 0.2) is 24.3 Å². The molecule has 0 spiro atoms. The van der Waals surface area contributed by atoms with Crippen molar-refractivity contribution in [2.45, 2.75) is 6.92 Å². The van der Waals surface area contributed by atoms with E-state index in [0.717, 1.165) is 12.4 Å². The number of hydrogen-bond donors (Lipinski definition) is 0. The summed E-state index contributed by atoms with van der Waals surface area (Å²) >= 11 is 3.52. The summed E-state index contributed by atoms with van der Waals surface area (Å²) < 4.78 is 5.31. The van der Waals surface area contributed by atoms with Crippen LogP contribution in [0.1, 0.15) is 6.92 Å². The third kappa shape index (κ3) is 2.67. The summed E-state index contributed by atoms with van der Waals surface area (Å²) in [4.78, 5) is 0. The Morgan fingerprint density at radius 1 is 1.36 bits per heavy atom. The molecule has 1 aromatic rings. The second-order valence-corrected chi connectivity index (χ2v) is 4.98. The quantitative estimate of drug-likeness (QED) is 0.561. The van der Waals surface area contributed by atoms with Gasteiger partial charge < -0.3 is 4.74 Å². The van der Waals surface area contributed by atoms with Crippen molar-refractivity contribution in [3.63, 3.8) is 0 Å². The third-order valence-electron chi connectivity index (χ3n) is 1.39. The van der Waals surface area contributed by atoms with Gasteiger partial charge in [0.25, 0.3) is 0 Å². The molecule has 0 heterocycles.